The molecule has 128 valence electrons. The molecule has 0 saturated heterocycles. The van der Waals surface area contributed by atoms with Crippen LogP contribution in [-0.4, -0.2) is 37.4 Å². The van der Waals surface area contributed by atoms with E-state index in [4.69, 9.17) is 5.11 Å². The van der Waals surface area contributed by atoms with Crippen LogP contribution in [0, 0.1) is 0 Å². The van der Waals surface area contributed by atoms with Gasteiger partial charge in [-0.3, -0.25) is 14.5 Å². The summed E-state index contributed by atoms with van der Waals surface area (Å²) in [4.78, 5) is 27.2. The Morgan fingerprint density at radius 3 is 2.75 bits per heavy atom. The molecular formula is C16H21N5O3. The lowest BCUT2D eigenvalue weighted by atomic mass is 9.99. The van der Waals surface area contributed by atoms with Crippen molar-refractivity contribution < 1.29 is 14.7 Å². The predicted molar refractivity (Wildman–Crippen MR) is 89.5 cm³/mol. The zero-order valence-electron chi connectivity index (χ0n) is 13.9. The maximum atomic E-state index is 12.2. The molecule has 0 aliphatic heterocycles. The number of carboxylic acids is 1. The monoisotopic (exact) mass is 331 g/mol. The summed E-state index contributed by atoms with van der Waals surface area (Å²) in [7, 11) is 1.80. The number of nitrogens with one attached hydrogen (secondary N) is 2. The second kappa shape index (κ2) is 7.12. The Labute approximate surface area is 139 Å². The maximum Gasteiger partial charge on any atom is 0.319 e. The Kier molecular flexibility index (Phi) is 5.18. The predicted octanol–water partition coefficient (Wildman–Crippen LogP) is 2.25. The highest BCUT2D eigenvalue weighted by atomic mass is 16.4. The van der Waals surface area contributed by atoms with E-state index in [-0.39, 0.29) is 6.42 Å². The van der Waals surface area contributed by atoms with Crippen LogP contribution >= 0.6 is 0 Å². The van der Waals surface area contributed by atoms with Crippen molar-refractivity contribution in [2.75, 3.05) is 5.32 Å². The maximum absolute atomic E-state index is 12.2. The summed E-state index contributed by atoms with van der Waals surface area (Å²) in [6, 6.07) is 3.06. The molecular weight excluding hydrogens is 310 g/mol. The normalized spacial score (nSPS) is 11.1. The van der Waals surface area contributed by atoms with Crippen LogP contribution in [0.3, 0.4) is 0 Å². The van der Waals surface area contributed by atoms with E-state index in [1.165, 1.54) is 0 Å². The van der Waals surface area contributed by atoms with Crippen LogP contribution in [0.15, 0.2) is 30.7 Å². The number of aromatic nitrogens is 3. The summed E-state index contributed by atoms with van der Waals surface area (Å²) in [6.07, 6.45) is 5.44. The Hall–Kier alpha value is -2.90. The molecule has 3 N–H and O–H groups in total. The average molecular weight is 331 g/mol. The highest BCUT2D eigenvalue weighted by molar-refractivity contribution is 5.93. The van der Waals surface area contributed by atoms with Crippen LogP contribution in [0.5, 0.6) is 0 Å². The third-order valence-corrected chi connectivity index (χ3v) is 3.45. The molecule has 2 heterocycles. The van der Waals surface area contributed by atoms with E-state index in [2.05, 4.69) is 20.7 Å². The SMILES string of the molecule is Cn1cc(-c2ncccc2NC(=O)NC(C)(C)CCC(=O)O)cn1. The van der Waals surface area contributed by atoms with Gasteiger partial charge in [-0.1, -0.05) is 0 Å². The first-order valence-electron chi connectivity index (χ1n) is 7.52. The minimum Gasteiger partial charge on any atom is -0.481 e. The highest BCUT2D eigenvalue weighted by Crippen LogP contribution is 2.24. The number of aryl methyl sites for hydroxylation is 1. The fraction of sp³-hybridized carbons (Fsp3) is 0.375. The number of hydrogen-bond acceptors (Lipinski definition) is 4. The molecule has 0 aliphatic carbocycles. The lowest BCUT2D eigenvalue weighted by Gasteiger charge is -2.26. The van der Waals surface area contributed by atoms with E-state index in [0.29, 0.717) is 17.8 Å². The molecule has 0 radical (unpaired) electrons. The summed E-state index contributed by atoms with van der Waals surface area (Å²) < 4.78 is 1.66. The Bertz CT molecular complexity index is 739. The fourth-order valence-corrected chi connectivity index (χ4v) is 2.22. The molecule has 2 aromatic rings. The molecule has 8 heteroatoms. The molecule has 0 atom stereocenters. The molecule has 2 amide bonds. The highest BCUT2D eigenvalue weighted by Gasteiger charge is 2.22. The van der Waals surface area contributed by atoms with Crippen molar-refractivity contribution in [3.05, 3.63) is 30.7 Å². The number of hydrogen-bond donors (Lipinski definition) is 3. The van der Waals surface area contributed by atoms with Crippen LogP contribution in [0.4, 0.5) is 10.5 Å². The number of pyridine rings is 1. The standard InChI is InChI=1S/C16H21N5O3/c1-16(2,7-6-13(22)23)20-15(24)19-12-5-4-8-17-14(12)11-9-18-21(3)10-11/h4-5,8-10H,6-7H2,1-3H3,(H,22,23)(H2,19,20,24). The van der Waals surface area contributed by atoms with Crippen LogP contribution in [0.1, 0.15) is 26.7 Å². The van der Waals surface area contributed by atoms with E-state index in [9.17, 15) is 9.59 Å². The van der Waals surface area contributed by atoms with Crippen LogP contribution < -0.4 is 10.6 Å². The van der Waals surface area contributed by atoms with Gasteiger partial charge in [-0.25, -0.2) is 4.79 Å². The molecule has 24 heavy (non-hydrogen) atoms. The van der Waals surface area contributed by atoms with Gasteiger partial charge in [0.2, 0.25) is 0 Å². The van der Waals surface area contributed by atoms with E-state index in [1.54, 1.807) is 50.1 Å². The van der Waals surface area contributed by atoms with Gasteiger partial charge in [0.15, 0.2) is 0 Å². The first-order chi connectivity index (χ1) is 11.3. The van der Waals surface area contributed by atoms with Crippen molar-refractivity contribution in [3.8, 4) is 11.3 Å². The van der Waals surface area contributed by atoms with Crippen molar-refractivity contribution >= 4 is 17.7 Å². The molecule has 0 aromatic carbocycles. The number of anilines is 1. The molecule has 0 spiro atoms. The number of amides is 2. The molecule has 0 unspecified atom stereocenters. The van der Waals surface area contributed by atoms with Crippen molar-refractivity contribution in [3.63, 3.8) is 0 Å². The number of carbonyl (C=O) groups is 2. The first-order valence-corrected chi connectivity index (χ1v) is 7.52. The van der Waals surface area contributed by atoms with Gasteiger partial charge < -0.3 is 15.7 Å². The van der Waals surface area contributed by atoms with Gasteiger partial charge in [0.25, 0.3) is 0 Å². The number of carbonyl (C=O) groups excluding carboxylic acids is 1. The quantitative estimate of drug-likeness (QED) is 0.752. The minimum absolute atomic E-state index is 0.0128. The summed E-state index contributed by atoms with van der Waals surface area (Å²) in [6.45, 7) is 3.56. The van der Waals surface area contributed by atoms with Crippen molar-refractivity contribution in [1.82, 2.24) is 20.1 Å². The van der Waals surface area contributed by atoms with E-state index >= 15 is 0 Å². The molecule has 2 rings (SSSR count). The average Bonchev–Trinajstić information content (AvgIpc) is 2.91. The second-order valence-electron chi connectivity index (χ2n) is 6.16. The van der Waals surface area contributed by atoms with Crippen LogP contribution in [-0.2, 0) is 11.8 Å². The number of rotatable bonds is 6. The van der Waals surface area contributed by atoms with Gasteiger partial charge in [-0.05, 0) is 32.4 Å². The third-order valence-electron chi connectivity index (χ3n) is 3.45. The lowest BCUT2D eigenvalue weighted by molar-refractivity contribution is -0.137. The second-order valence-corrected chi connectivity index (χ2v) is 6.16. The molecule has 0 bridgehead atoms. The third kappa shape index (κ3) is 4.80. The zero-order valence-corrected chi connectivity index (χ0v) is 13.9. The van der Waals surface area contributed by atoms with Crippen molar-refractivity contribution in [1.29, 1.82) is 0 Å². The summed E-state index contributed by atoms with van der Waals surface area (Å²) in [5.74, 6) is -0.892. The number of carboxylic acid groups (broad SMARTS) is 1. The lowest BCUT2D eigenvalue weighted by Crippen LogP contribution is -2.45. The molecule has 0 aliphatic rings. The molecule has 2 aromatic heterocycles. The van der Waals surface area contributed by atoms with E-state index in [0.717, 1.165) is 5.56 Å². The summed E-state index contributed by atoms with van der Waals surface area (Å²) in [5, 5.41) is 18.4. The Morgan fingerprint density at radius 1 is 1.38 bits per heavy atom. The largest absolute Gasteiger partial charge is 0.481 e. The van der Waals surface area contributed by atoms with Crippen LogP contribution in [0.25, 0.3) is 11.3 Å². The Balaban J connectivity index is 2.08. The van der Waals surface area contributed by atoms with Gasteiger partial charge in [-0.15, -0.1) is 0 Å². The van der Waals surface area contributed by atoms with Gasteiger partial charge in [0, 0.05) is 37.0 Å². The van der Waals surface area contributed by atoms with E-state index < -0.39 is 17.5 Å². The fourth-order valence-electron chi connectivity index (χ4n) is 2.22. The summed E-state index contributed by atoms with van der Waals surface area (Å²) >= 11 is 0. The smallest absolute Gasteiger partial charge is 0.319 e. The molecule has 0 saturated carbocycles. The van der Waals surface area contributed by atoms with E-state index in [1.807, 2.05) is 6.20 Å². The first kappa shape index (κ1) is 17.5. The molecule has 0 fully saturated rings. The van der Waals surface area contributed by atoms with Gasteiger partial charge in [-0.2, -0.15) is 5.10 Å². The van der Waals surface area contributed by atoms with Crippen molar-refractivity contribution in [2.24, 2.45) is 7.05 Å². The van der Waals surface area contributed by atoms with Gasteiger partial charge in [0.1, 0.15) is 0 Å². The topological polar surface area (TPSA) is 109 Å². The number of nitrogens with zero attached hydrogens (tertiary/aromatic N) is 3. The van der Waals surface area contributed by atoms with Crippen molar-refractivity contribution in [2.45, 2.75) is 32.2 Å². The minimum atomic E-state index is -0.892. The zero-order chi connectivity index (χ0) is 17.7. The Morgan fingerprint density at radius 2 is 2.12 bits per heavy atom. The number of urea groups is 1. The molecule has 8 nitrogen and oxygen atoms in total. The summed E-state index contributed by atoms with van der Waals surface area (Å²) in [5.41, 5.74) is 1.32. The van der Waals surface area contributed by atoms with Gasteiger partial charge in [0.05, 0.1) is 17.6 Å². The van der Waals surface area contributed by atoms with Crippen LogP contribution in [0.2, 0.25) is 0 Å². The number of aliphatic carboxylic acids is 1. The van der Waals surface area contributed by atoms with Gasteiger partial charge >= 0.3 is 12.0 Å².